The molecule has 0 amide bonds. The minimum absolute atomic E-state index is 0.0978. The van der Waals surface area contributed by atoms with Crippen LogP contribution in [-0.4, -0.2) is 20.8 Å². The SMILES string of the molecule is OC(Cn1ccnc1)C(c1ccccc1)c1ccc(Sc2ccccc2)cc1. The molecule has 0 aliphatic carbocycles. The van der Waals surface area contributed by atoms with Crippen molar-refractivity contribution >= 4 is 11.8 Å². The number of hydrogen-bond donors (Lipinski definition) is 1. The number of nitrogens with zero attached hydrogens (tertiary/aromatic N) is 2. The molecule has 4 heteroatoms. The lowest BCUT2D eigenvalue weighted by molar-refractivity contribution is 0.136. The average molecular weight is 387 g/mol. The fraction of sp³-hybridized carbons (Fsp3) is 0.125. The van der Waals surface area contributed by atoms with Crippen molar-refractivity contribution < 1.29 is 5.11 Å². The van der Waals surface area contributed by atoms with Crippen LogP contribution in [0.25, 0.3) is 0 Å². The number of hydrogen-bond acceptors (Lipinski definition) is 3. The predicted octanol–water partition coefficient (Wildman–Crippen LogP) is 5.23. The van der Waals surface area contributed by atoms with Gasteiger partial charge in [-0.25, -0.2) is 4.98 Å². The third-order valence-electron chi connectivity index (χ3n) is 4.72. The predicted molar refractivity (Wildman–Crippen MR) is 114 cm³/mol. The number of rotatable bonds is 7. The zero-order valence-corrected chi connectivity index (χ0v) is 16.2. The van der Waals surface area contributed by atoms with Gasteiger partial charge in [-0.3, -0.25) is 0 Å². The van der Waals surface area contributed by atoms with Crippen LogP contribution in [0.3, 0.4) is 0 Å². The van der Waals surface area contributed by atoms with E-state index in [2.05, 4.69) is 65.6 Å². The molecule has 140 valence electrons. The molecule has 1 heterocycles. The van der Waals surface area contributed by atoms with E-state index in [1.165, 1.54) is 9.79 Å². The lowest BCUT2D eigenvalue weighted by Crippen LogP contribution is -2.24. The summed E-state index contributed by atoms with van der Waals surface area (Å²) < 4.78 is 1.92. The summed E-state index contributed by atoms with van der Waals surface area (Å²) in [5.41, 5.74) is 2.22. The van der Waals surface area contributed by atoms with Gasteiger partial charge in [-0.2, -0.15) is 0 Å². The van der Waals surface area contributed by atoms with E-state index in [1.54, 1.807) is 24.3 Å². The van der Waals surface area contributed by atoms with Gasteiger partial charge < -0.3 is 9.67 Å². The number of aliphatic hydroxyl groups excluding tert-OH is 1. The average Bonchev–Trinajstić information content (AvgIpc) is 3.24. The second kappa shape index (κ2) is 8.91. The molecule has 0 saturated carbocycles. The van der Waals surface area contributed by atoms with Crippen molar-refractivity contribution in [2.24, 2.45) is 0 Å². The monoisotopic (exact) mass is 386 g/mol. The summed E-state index contributed by atoms with van der Waals surface area (Å²) in [5.74, 6) is -0.0978. The Hall–Kier alpha value is -2.82. The standard InChI is InChI=1S/C24H22N2OS/c27-23(17-26-16-15-25-18-26)24(19-7-3-1-4-8-19)20-11-13-22(14-12-20)28-21-9-5-2-6-10-21/h1-16,18,23-24,27H,17H2. The van der Waals surface area contributed by atoms with Gasteiger partial charge in [-0.15, -0.1) is 0 Å². The maximum atomic E-state index is 11.0. The van der Waals surface area contributed by atoms with Gasteiger partial charge in [0.25, 0.3) is 0 Å². The van der Waals surface area contributed by atoms with Gasteiger partial charge >= 0.3 is 0 Å². The number of imidazole rings is 1. The van der Waals surface area contributed by atoms with Gasteiger partial charge in [0.15, 0.2) is 0 Å². The third-order valence-corrected chi connectivity index (χ3v) is 5.73. The molecular weight excluding hydrogens is 364 g/mol. The van der Waals surface area contributed by atoms with Crippen LogP contribution < -0.4 is 0 Å². The van der Waals surface area contributed by atoms with Crippen LogP contribution in [0.2, 0.25) is 0 Å². The summed E-state index contributed by atoms with van der Waals surface area (Å²) in [7, 11) is 0. The molecule has 3 nitrogen and oxygen atoms in total. The first kappa shape index (κ1) is 18.5. The van der Waals surface area contributed by atoms with Crippen LogP contribution in [0.4, 0.5) is 0 Å². The molecule has 3 aromatic carbocycles. The van der Waals surface area contributed by atoms with E-state index in [1.807, 2.05) is 35.0 Å². The van der Waals surface area contributed by atoms with Crippen LogP contribution >= 0.6 is 11.8 Å². The summed E-state index contributed by atoms with van der Waals surface area (Å²) in [6.45, 7) is 0.500. The Morgan fingerprint density at radius 2 is 1.39 bits per heavy atom. The number of aromatic nitrogens is 2. The van der Waals surface area contributed by atoms with Crippen molar-refractivity contribution in [3.63, 3.8) is 0 Å². The van der Waals surface area contributed by atoms with Crippen LogP contribution in [-0.2, 0) is 6.54 Å². The molecule has 0 aliphatic heterocycles. The fourth-order valence-corrected chi connectivity index (χ4v) is 4.22. The van der Waals surface area contributed by atoms with E-state index in [4.69, 9.17) is 0 Å². The molecule has 0 aliphatic rings. The lowest BCUT2D eigenvalue weighted by atomic mass is 9.86. The summed E-state index contributed by atoms with van der Waals surface area (Å²) in [6, 6.07) is 29.1. The van der Waals surface area contributed by atoms with E-state index in [0.717, 1.165) is 11.1 Å². The first-order valence-electron chi connectivity index (χ1n) is 9.31. The Morgan fingerprint density at radius 1 is 0.786 bits per heavy atom. The van der Waals surface area contributed by atoms with E-state index in [-0.39, 0.29) is 5.92 Å². The smallest absolute Gasteiger partial charge is 0.0946 e. The Balaban J connectivity index is 1.59. The van der Waals surface area contributed by atoms with Crippen LogP contribution in [0.15, 0.2) is 113 Å². The maximum Gasteiger partial charge on any atom is 0.0946 e. The Kier molecular flexibility index (Phi) is 5.90. The molecule has 1 N–H and O–H groups in total. The summed E-state index contributed by atoms with van der Waals surface area (Å²) in [4.78, 5) is 6.48. The molecule has 28 heavy (non-hydrogen) atoms. The third kappa shape index (κ3) is 4.53. The van der Waals surface area contributed by atoms with Gasteiger partial charge in [-0.05, 0) is 35.4 Å². The molecule has 2 unspecified atom stereocenters. The largest absolute Gasteiger partial charge is 0.390 e. The molecule has 0 bridgehead atoms. The van der Waals surface area contributed by atoms with Crippen LogP contribution in [0.1, 0.15) is 17.0 Å². The molecule has 0 spiro atoms. The normalized spacial score (nSPS) is 13.2. The van der Waals surface area contributed by atoms with Crippen molar-refractivity contribution in [3.05, 3.63) is 115 Å². The van der Waals surface area contributed by atoms with Gasteiger partial charge in [0, 0.05) is 28.1 Å². The summed E-state index contributed by atoms with van der Waals surface area (Å²) in [6.07, 6.45) is 4.81. The highest BCUT2D eigenvalue weighted by atomic mass is 32.2. The topological polar surface area (TPSA) is 38.0 Å². The van der Waals surface area contributed by atoms with Crippen LogP contribution in [0, 0.1) is 0 Å². The van der Waals surface area contributed by atoms with Gasteiger partial charge in [-0.1, -0.05) is 72.4 Å². The molecule has 0 radical (unpaired) electrons. The minimum atomic E-state index is -0.552. The van der Waals surface area contributed by atoms with E-state index in [9.17, 15) is 5.11 Å². The van der Waals surface area contributed by atoms with Crippen molar-refractivity contribution in [2.45, 2.75) is 28.4 Å². The molecule has 4 aromatic rings. The number of benzene rings is 3. The lowest BCUT2D eigenvalue weighted by Gasteiger charge is -2.24. The molecule has 4 rings (SSSR count). The van der Waals surface area contributed by atoms with Gasteiger partial charge in [0.1, 0.15) is 0 Å². The van der Waals surface area contributed by atoms with Crippen molar-refractivity contribution in [1.82, 2.24) is 9.55 Å². The highest BCUT2D eigenvalue weighted by molar-refractivity contribution is 7.99. The maximum absolute atomic E-state index is 11.0. The molecular formula is C24H22N2OS. The van der Waals surface area contributed by atoms with Crippen molar-refractivity contribution in [1.29, 1.82) is 0 Å². The Morgan fingerprint density at radius 3 is 2.04 bits per heavy atom. The van der Waals surface area contributed by atoms with Crippen molar-refractivity contribution in [2.75, 3.05) is 0 Å². The van der Waals surface area contributed by atoms with E-state index < -0.39 is 6.10 Å². The highest BCUT2D eigenvalue weighted by Gasteiger charge is 2.23. The van der Waals surface area contributed by atoms with Crippen molar-refractivity contribution in [3.8, 4) is 0 Å². The second-order valence-corrected chi connectivity index (χ2v) is 7.85. The quantitative estimate of drug-likeness (QED) is 0.473. The molecule has 1 aromatic heterocycles. The first-order chi connectivity index (χ1) is 13.8. The van der Waals surface area contributed by atoms with E-state index >= 15 is 0 Å². The summed E-state index contributed by atoms with van der Waals surface area (Å²) in [5, 5.41) is 11.0. The fourth-order valence-electron chi connectivity index (χ4n) is 3.38. The first-order valence-corrected chi connectivity index (χ1v) is 10.1. The Bertz CT molecular complexity index is 970. The Labute approximate surface area is 169 Å². The second-order valence-electron chi connectivity index (χ2n) is 6.70. The van der Waals surface area contributed by atoms with Gasteiger partial charge in [0.2, 0.25) is 0 Å². The van der Waals surface area contributed by atoms with Gasteiger partial charge in [0.05, 0.1) is 19.0 Å². The minimum Gasteiger partial charge on any atom is -0.390 e. The zero-order chi connectivity index (χ0) is 19.2. The van der Waals surface area contributed by atoms with Crippen LogP contribution in [0.5, 0.6) is 0 Å². The highest BCUT2D eigenvalue weighted by Crippen LogP contribution is 2.32. The molecule has 0 saturated heterocycles. The van der Waals surface area contributed by atoms with E-state index in [0.29, 0.717) is 6.54 Å². The zero-order valence-electron chi connectivity index (χ0n) is 15.4. The molecule has 0 fully saturated rings. The molecule has 2 atom stereocenters. The number of aliphatic hydroxyl groups is 1. The summed E-state index contributed by atoms with van der Waals surface area (Å²) >= 11 is 1.74.